The number of hydrogen-bond acceptors (Lipinski definition) is 4. The van der Waals surface area contributed by atoms with Crippen molar-refractivity contribution in [2.75, 3.05) is 25.9 Å². The average molecular weight is 263 g/mol. The highest BCUT2D eigenvalue weighted by Gasteiger charge is 2.35. The molecular weight excluding hydrogens is 242 g/mol. The van der Waals surface area contributed by atoms with E-state index in [1.165, 1.54) is 0 Å². The van der Waals surface area contributed by atoms with Crippen LogP contribution in [0.2, 0.25) is 0 Å². The highest BCUT2D eigenvalue weighted by Crippen LogP contribution is 2.18. The van der Waals surface area contributed by atoms with E-state index in [1.54, 1.807) is 0 Å². The summed E-state index contributed by atoms with van der Waals surface area (Å²) in [5, 5.41) is 5.99. The van der Waals surface area contributed by atoms with Crippen molar-refractivity contribution >= 4 is 15.9 Å². The minimum Gasteiger partial charge on any atom is -0.354 e. The van der Waals surface area contributed by atoms with Crippen LogP contribution in [0.25, 0.3) is 0 Å². The minimum atomic E-state index is -3.13. The number of sulfonamides is 1. The number of amides is 1. The van der Waals surface area contributed by atoms with Crippen molar-refractivity contribution < 1.29 is 13.2 Å². The van der Waals surface area contributed by atoms with E-state index in [0.717, 1.165) is 25.6 Å². The molecule has 1 saturated heterocycles. The van der Waals surface area contributed by atoms with Crippen LogP contribution >= 0.6 is 0 Å². The summed E-state index contributed by atoms with van der Waals surface area (Å²) in [5.41, 5.74) is -0.454. The second kappa shape index (κ2) is 5.79. The van der Waals surface area contributed by atoms with E-state index in [0.29, 0.717) is 19.5 Å². The lowest BCUT2D eigenvalue weighted by atomic mass is 9.99. The van der Waals surface area contributed by atoms with Gasteiger partial charge in [0.25, 0.3) is 0 Å². The Morgan fingerprint density at radius 3 is 2.65 bits per heavy atom. The van der Waals surface area contributed by atoms with Gasteiger partial charge in [0.05, 0.1) is 11.8 Å². The first-order valence-corrected chi connectivity index (χ1v) is 7.71. The third-order valence-electron chi connectivity index (χ3n) is 2.87. The lowest BCUT2D eigenvalue weighted by molar-refractivity contribution is -0.126. The van der Waals surface area contributed by atoms with Gasteiger partial charge in [-0.05, 0) is 32.7 Å². The van der Waals surface area contributed by atoms with Crippen LogP contribution in [0.3, 0.4) is 0 Å². The van der Waals surface area contributed by atoms with Crippen LogP contribution in [0, 0.1) is 0 Å². The SMILES string of the molecule is CC1(C(=O)NCCCNS(C)(=O)=O)CCCN1. The Labute approximate surface area is 103 Å². The summed E-state index contributed by atoms with van der Waals surface area (Å²) in [7, 11) is -3.13. The van der Waals surface area contributed by atoms with Gasteiger partial charge in [0, 0.05) is 13.1 Å². The highest BCUT2D eigenvalue weighted by molar-refractivity contribution is 7.88. The molecule has 6 nitrogen and oxygen atoms in total. The Kier molecular flexibility index (Phi) is 4.91. The number of carbonyl (C=O) groups excluding carboxylic acids is 1. The van der Waals surface area contributed by atoms with Crippen LogP contribution < -0.4 is 15.4 Å². The summed E-state index contributed by atoms with van der Waals surface area (Å²) in [5.74, 6) is -0.00523. The van der Waals surface area contributed by atoms with E-state index in [4.69, 9.17) is 0 Å². The maximum absolute atomic E-state index is 11.8. The van der Waals surface area contributed by atoms with Crippen molar-refractivity contribution in [3.63, 3.8) is 0 Å². The molecule has 1 unspecified atom stereocenters. The Bertz CT molecular complexity index is 361. The molecule has 1 aliphatic heterocycles. The lowest BCUT2D eigenvalue weighted by Crippen LogP contribution is -2.51. The molecule has 1 heterocycles. The molecule has 0 radical (unpaired) electrons. The van der Waals surface area contributed by atoms with Crippen molar-refractivity contribution in [2.45, 2.75) is 31.7 Å². The molecule has 7 heteroatoms. The van der Waals surface area contributed by atoms with Crippen molar-refractivity contribution in [3.8, 4) is 0 Å². The minimum absolute atomic E-state index is 0.00523. The summed E-state index contributed by atoms with van der Waals surface area (Å²) in [6, 6.07) is 0. The van der Waals surface area contributed by atoms with E-state index < -0.39 is 15.6 Å². The van der Waals surface area contributed by atoms with Crippen molar-refractivity contribution in [3.05, 3.63) is 0 Å². The van der Waals surface area contributed by atoms with E-state index >= 15 is 0 Å². The fraction of sp³-hybridized carbons (Fsp3) is 0.900. The molecule has 1 rings (SSSR count). The Morgan fingerprint density at radius 2 is 2.12 bits per heavy atom. The topological polar surface area (TPSA) is 87.3 Å². The van der Waals surface area contributed by atoms with Crippen LogP contribution in [0.15, 0.2) is 0 Å². The molecule has 1 amide bonds. The molecule has 0 aromatic heterocycles. The summed E-state index contributed by atoms with van der Waals surface area (Å²) in [6.45, 7) is 3.60. The molecular formula is C10H21N3O3S. The molecule has 0 bridgehead atoms. The molecule has 0 aromatic rings. The van der Waals surface area contributed by atoms with Gasteiger partial charge < -0.3 is 10.6 Å². The fourth-order valence-electron chi connectivity index (χ4n) is 1.83. The maximum atomic E-state index is 11.8. The quantitative estimate of drug-likeness (QED) is 0.547. The summed E-state index contributed by atoms with van der Waals surface area (Å²) in [4.78, 5) is 11.8. The monoisotopic (exact) mass is 263 g/mol. The number of carbonyl (C=O) groups is 1. The number of rotatable bonds is 6. The molecule has 0 saturated carbocycles. The van der Waals surface area contributed by atoms with Crippen LogP contribution in [0.1, 0.15) is 26.2 Å². The molecule has 0 aromatic carbocycles. The van der Waals surface area contributed by atoms with Crippen LogP contribution in [-0.2, 0) is 14.8 Å². The predicted molar refractivity (Wildman–Crippen MR) is 66.1 cm³/mol. The second-order valence-electron chi connectivity index (χ2n) is 4.64. The number of nitrogens with one attached hydrogen (secondary N) is 3. The van der Waals surface area contributed by atoms with Gasteiger partial charge in [0.1, 0.15) is 0 Å². The normalized spacial score (nSPS) is 24.8. The smallest absolute Gasteiger partial charge is 0.240 e. The van der Waals surface area contributed by atoms with Crippen LogP contribution in [0.4, 0.5) is 0 Å². The van der Waals surface area contributed by atoms with Crippen molar-refractivity contribution in [1.82, 2.24) is 15.4 Å². The lowest BCUT2D eigenvalue weighted by Gasteiger charge is -2.22. The third kappa shape index (κ3) is 5.01. The summed E-state index contributed by atoms with van der Waals surface area (Å²) in [6.07, 6.45) is 3.57. The zero-order chi connectivity index (χ0) is 12.9. The highest BCUT2D eigenvalue weighted by atomic mass is 32.2. The maximum Gasteiger partial charge on any atom is 0.240 e. The van der Waals surface area contributed by atoms with Gasteiger partial charge in [-0.15, -0.1) is 0 Å². The van der Waals surface area contributed by atoms with Gasteiger partial charge in [-0.1, -0.05) is 0 Å². The van der Waals surface area contributed by atoms with Gasteiger partial charge >= 0.3 is 0 Å². The predicted octanol–water partition coefficient (Wildman–Crippen LogP) is -0.816. The van der Waals surface area contributed by atoms with E-state index in [1.807, 2.05) is 6.92 Å². The average Bonchev–Trinajstić information content (AvgIpc) is 2.64. The van der Waals surface area contributed by atoms with Crippen molar-refractivity contribution in [2.24, 2.45) is 0 Å². The molecule has 1 fully saturated rings. The van der Waals surface area contributed by atoms with Crippen molar-refractivity contribution in [1.29, 1.82) is 0 Å². The zero-order valence-electron chi connectivity index (χ0n) is 10.4. The van der Waals surface area contributed by atoms with Gasteiger partial charge in [0.2, 0.25) is 15.9 Å². The van der Waals surface area contributed by atoms with Gasteiger partial charge in [-0.25, -0.2) is 13.1 Å². The molecule has 0 aliphatic carbocycles. The second-order valence-corrected chi connectivity index (χ2v) is 6.47. The summed E-state index contributed by atoms with van der Waals surface area (Å²) >= 11 is 0. The molecule has 0 spiro atoms. The first kappa shape index (κ1) is 14.4. The van der Waals surface area contributed by atoms with E-state index in [2.05, 4.69) is 15.4 Å². The van der Waals surface area contributed by atoms with Gasteiger partial charge in [-0.2, -0.15) is 0 Å². The third-order valence-corrected chi connectivity index (χ3v) is 3.60. The molecule has 1 aliphatic rings. The summed E-state index contributed by atoms with van der Waals surface area (Å²) < 4.78 is 23.9. The van der Waals surface area contributed by atoms with E-state index in [-0.39, 0.29) is 5.91 Å². The first-order chi connectivity index (χ1) is 7.83. The van der Waals surface area contributed by atoms with E-state index in [9.17, 15) is 13.2 Å². The Morgan fingerprint density at radius 1 is 1.41 bits per heavy atom. The van der Waals surface area contributed by atoms with Crippen LogP contribution in [-0.4, -0.2) is 45.8 Å². The standard InChI is InChI=1S/C10H21N3O3S/c1-10(5-3-7-12-10)9(14)11-6-4-8-13-17(2,15)16/h12-13H,3-8H2,1-2H3,(H,11,14). The molecule has 100 valence electrons. The van der Waals surface area contributed by atoms with Crippen LogP contribution in [0.5, 0.6) is 0 Å². The largest absolute Gasteiger partial charge is 0.354 e. The zero-order valence-corrected chi connectivity index (χ0v) is 11.2. The first-order valence-electron chi connectivity index (χ1n) is 5.81. The van der Waals surface area contributed by atoms with Gasteiger partial charge in [-0.3, -0.25) is 4.79 Å². The van der Waals surface area contributed by atoms with Gasteiger partial charge in [0.15, 0.2) is 0 Å². The fourth-order valence-corrected chi connectivity index (χ4v) is 2.35. The molecule has 17 heavy (non-hydrogen) atoms. The molecule has 3 N–H and O–H groups in total. The molecule has 1 atom stereocenters. The Balaban J connectivity index is 2.16. The number of hydrogen-bond donors (Lipinski definition) is 3. The Hall–Kier alpha value is -0.660.